The molecule has 1 spiro atoms. The Balaban J connectivity index is 1.53. The standard InChI is InChI=1S/C20H22N2O/c23-19(17-14-20(17)10-12-21-13-11-20)22-18-9-5-4-8-16(18)15-6-2-1-3-7-15/h1-9,17,21H,10-14H2,(H,22,23). The third-order valence-corrected chi connectivity index (χ3v) is 5.38. The third kappa shape index (κ3) is 2.77. The summed E-state index contributed by atoms with van der Waals surface area (Å²) in [5, 5.41) is 6.57. The first kappa shape index (κ1) is 14.5. The van der Waals surface area contributed by atoms with Crippen molar-refractivity contribution in [1.29, 1.82) is 0 Å². The minimum absolute atomic E-state index is 0.188. The summed E-state index contributed by atoms with van der Waals surface area (Å²) in [6.07, 6.45) is 3.31. The minimum Gasteiger partial charge on any atom is -0.325 e. The highest BCUT2D eigenvalue weighted by Gasteiger charge is 2.57. The van der Waals surface area contributed by atoms with Crippen molar-refractivity contribution in [2.75, 3.05) is 18.4 Å². The number of carbonyl (C=O) groups excluding carboxylic acids is 1. The van der Waals surface area contributed by atoms with E-state index in [4.69, 9.17) is 0 Å². The maximum Gasteiger partial charge on any atom is 0.228 e. The van der Waals surface area contributed by atoms with Gasteiger partial charge in [-0.05, 0) is 49.4 Å². The lowest BCUT2D eigenvalue weighted by molar-refractivity contribution is -0.118. The number of amides is 1. The van der Waals surface area contributed by atoms with Crippen molar-refractivity contribution in [1.82, 2.24) is 5.32 Å². The van der Waals surface area contributed by atoms with Crippen LogP contribution in [0.15, 0.2) is 54.6 Å². The van der Waals surface area contributed by atoms with Crippen LogP contribution in [-0.4, -0.2) is 19.0 Å². The van der Waals surface area contributed by atoms with E-state index in [1.165, 1.54) is 0 Å². The fourth-order valence-corrected chi connectivity index (χ4v) is 3.88. The van der Waals surface area contributed by atoms with Crippen LogP contribution >= 0.6 is 0 Å². The lowest BCUT2D eigenvalue weighted by Crippen LogP contribution is -2.31. The van der Waals surface area contributed by atoms with E-state index in [1.807, 2.05) is 36.4 Å². The van der Waals surface area contributed by atoms with Gasteiger partial charge in [0, 0.05) is 17.2 Å². The molecule has 3 heteroatoms. The Labute approximate surface area is 137 Å². The van der Waals surface area contributed by atoms with Gasteiger partial charge in [0.2, 0.25) is 5.91 Å². The van der Waals surface area contributed by atoms with Crippen molar-refractivity contribution in [2.24, 2.45) is 11.3 Å². The van der Waals surface area contributed by atoms with Crippen molar-refractivity contribution in [3.63, 3.8) is 0 Å². The van der Waals surface area contributed by atoms with Gasteiger partial charge in [0.25, 0.3) is 0 Å². The summed E-state index contributed by atoms with van der Waals surface area (Å²) in [4.78, 5) is 12.7. The number of hydrogen-bond donors (Lipinski definition) is 2. The van der Waals surface area contributed by atoms with Crippen molar-refractivity contribution in [3.8, 4) is 11.1 Å². The van der Waals surface area contributed by atoms with E-state index in [1.54, 1.807) is 0 Å². The van der Waals surface area contributed by atoms with E-state index >= 15 is 0 Å². The number of hydrogen-bond acceptors (Lipinski definition) is 2. The molecule has 1 atom stereocenters. The van der Waals surface area contributed by atoms with Gasteiger partial charge < -0.3 is 10.6 Å². The summed E-state index contributed by atoms with van der Waals surface area (Å²) < 4.78 is 0. The molecule has 2 aliphatic rings. The maximum atomic E-state index is 12.7. The lowest BCUT2D eigenvalue weighted by atomic mass is 9.91. The van der Waals surface area contributed by atoms with Gasteiger partial charge in [-0.25, -0.2) is 0 Å². The van der Waals surface area contributed by atoms with Gasteiger partial charge in [0.15, 0.2) is 0 Å². The predicted octanol–water partition coefficient (Wildman–Crippen LogP) is 3.68. The largest absolute Gasteiger partial charge is 0.325 e. The molecule has 2 aromatic rings. The molecule has 1 amide bonds. The van der Waals surface area contributed by atoms with E-state index in [0.717, 1.165) is 49.2 Å². The molecular weight excluding hydrogens is 284 g/mol. The van der Waals surface area contributed by atoms with Crippen LogP contribution in [0.4, 0.5) is 5.69 Å². The summed E-state index contributed by atoms with van der Waals surface area (Å²) in [6, 6.07) is 18.3. The molecule has 23 heavy (non-hydrogen) atoms. The maximum absolute atomic E-state index is 12.7. The first-order valence-electron chi connectivity index (χ1n) is 8.45. The van der Waals surface area contributed by atoms with Crippen LogP contribution in [0, 0.1) is 11.3 Å². The topological polar surface area (TPSA) is 41.1 Å². The minimum atomic E-state index is 0.188. The van der Waals surface area contributed by atoms with E-state index in [9.17, 15) is 4.79 Å². The number of rotatable bonds is 3. The Bertz CT molecular complexity index is 705. The summed E-state index contributed by atoms with van der Waals surface area (Å²) in [5.41, 5.74) is 3.41. The Morgan fingerprint density at radius 1 is 1.00 bits per heavy atom. The highest BCUT2D eigenvalue weighted by molar-refractivity contribution is 5.98. The Morgan fingerprint density at radius 3 is 2.48 bits per heavy atom. The second kappa shape index (κ2) is 5.82. The molecule has 4 rings (SSSR count). The van der Waals surface area contributed by atoms with E-state index in [-0.39, 0.29) is 17.2 Å². The van der Waals surface area contributed by atoms with Crippen LogP contribution in [0.25, 0.3) is 11.1 Å². The highest BCUT2D eigenvalue weighted by Crippen LogP contribution is 2.58. The molecule has 1 aliphatic carbocycles. The summed E-state index contributed by atoms with van der Waals surface area (Å²) in [5.74, 6) is 0.378. The number of piperidine rings is 1. The molecule has 1 unspecified atom stereocenters. The molecular formula is C20H22N2O. The van der Waals surface area contributed by atoms with Crippen molar-refractivity contribution >= 4 is 11.6 Å². The molecule has 118 valence electrons. The number of para-hydroxylation sites is 1. The Morgan fingerprint density at radius 2 is 1.70 bits per heavy atom. The monoisotopic (exact) mass is 306 g/mol. The molecule has 1 saturated heterocycles. The fourth-order valence-electron chi connectivity index (χ4n) is 3.88. The normalized spacial score (nSPS) is 21.8. The molecule has 1 aliphatic heterocycles. The van der Waals surface area contributed by atoms with Crippen LogP contribution in [0.5, 0.6) is 0 Å². The third-order valence-electron chi connectivity index (χ3n) is 5.38. The van der Waals surface area contributed by atoms with Crippen molar-refractivity contribution in [3.05, 3.63) is 54.6 Å². The molecule has 0 radical (unpaired) electrons. The van der Waals surface area contributed by atoms with Gasteiger partial charge in [-0.1, -0.05) is 48.5 Å². The number of anilines is 1. The number of nitrogens with one attached hydrogen (secondary N) is 2. The summed E-state index contributed by atoms with van der Waals surface area (Å²) in [6.45, 7) is 2.09. The SMILES string of the molecule is O=C(Nc1ccccc1-c1ccccc1)C1CC12CCNCC2. The van der Waals surface area contributed by atoms with Gasteiger partial charge in [0.05, 0.1) is 0 Å². The molecule has 2 aromatic carbocycles. The quantitative estimate of drug-likeness (QED) is 0.908. The highest BCUT2D eigenvalue weighted by atomic mass is 16.2. The zero-order chi connectivity index (χ0) is 15.7. The number of benzene rings is 2. The average Bonchev–Trinajstić information content (AvgIpc) is 3.30. The first-order valence-corrected chi connectivity index (χ1v) is 8.45. The second-order valence-corrected chi connectivity index (χ2v) is 6.77. The van der Waals surface area contributed by atoms with Gasteiger partial charge in [-0.3, -0.25) is 4.79 Å². The van der Waals surface area contributed by atoms with Gasteiger partial charge in [0.1, 0.15) is 0 Å². The van der Waals surface area contributed by atoms with Crippen molar-refractivity contribution < 1.29 is 4.79 Å². The van der Waals surface area contributed by atoms with Gasteiger partial charge >= 0.3 is 0 Å². The van der Waals surface area contributed by atoms with Crippen LogP contribution in [0.2, 0.25) is 0 Å². The molecule has 1 heterocycles. The Kier molecular flexibility index (Phi) is 3.66. The Hall–Kier alpha value is -2.13. The molecule has 0 aromatic heterocycles. The van der Waals surface area contributed by atoms with Crippen LogP contribution in [0.3, 0.4) is 0 Å². The van der Waals surface area contributed by atoms with Gasteiger partial charge in [-0.2, -0.15) is 0 Å². The smallest absolute Gasteiger partial charge is 0.228 e. The van der Waals surface area contributed by atoms with Crippen LogP contribution in [-0.2, 0) is 4.79 Å². The number of carbonyl (C=O) groups is 1. The predicted molar refractivity (Wildman–Crippen MR) is 93.2 cm³/mol. The fraction of sp³-hybridized carbons (Fsp3) is 0.350. The summed E-state index contributed by atoms with van der Waals surface area (Å²) in [7, 11) is 0. The van der Waals surface area contributed by atoms with Gasteiger partial charge in [-0.15, -0.1) is 0 Å². The first-order chi connectivity index (χ1) is 11.3. The zero-order valence-electron chi connectivity index (χ0n) is 13.2. The van der Waals surface area contributed by atoms with E-state index in [2.05, 4.69) is 28.8 Å². The van der Waals surface area contributed by atoms with E-state index in [0.29, 0.717) is 0 Å². The molecule has 3 nitrogen and oxygen atoms in total. The molecule has 1 saturated carbocycles. The second-order valence-electron chi connectivity index (χ2n) is 6.77. The van der Waals surface area contributed by atoms with E-state index < -0.39 is 0 Å². The summed E-state index contributed by atoms with van der Waals surface area (Å²) >= 11 is 0. The molecule has 0 bridgehead atoms. The van der Waals surface area contributed by atoms with Crippen LogP contribution in [0.1, 0.15) is 19.3 Å². The molecule has 2 N–H and O–H groups in total. The van der Waals surface area contributed by atoms with Crippen molar-refractivity contribution in [2.45, 2.75) is 19.3 Å². The molecule has 2 fully saturated rings. The zero-order valence-corrected chi connectivity index (χ0v) is 13.2. The average molecular weight is 306 g/mol. The lowest BCUT2D eigenvalue weighted by Gasteiger charge is -2.23. The van der Waals surface area contributed by atoms with Crippen LogP contribution < -0.4 is 10.6 Å².